The highest BCUT2D eigenvalue weighted by molar-refractivity contribution is 5.81. The van der Waals surface area contributed by atoms with Crippen LogP contribution in [0, 0.1) is 0 Å². The molecule has 18 heavy (non-hydrogen) atoms. The Morgan fingerprint density at radius 2 is 2.11 bits per heavy atom. The van der Waals surface area contributed by atoms with Crippen LogP contribution < -0.4 is 10.6 Å². The molecular formula is C12H13F3N2O. The van der Waals surface area contributed by atoms with E-state index in [-0.39, 0.29) is 12.5 Å². The Hall–Kier alpha value is -1.72. The Kier molecular flexibility index (Phi) is 3.45. The minimum atomic E-state index is -4.80. The molecule has 1 aliphatic heterocycles. The summed E-state index contributed by atoms with van der Waals surface area (Å²) in [6, 6.07) is 7.68. The standard InChI is InChI=1S/C12H13F3N2O/c13-12(14,15)11(18)16-6-5-8-7-17-10-4-2-1-3-9(8)10/h1-4,8,17H,5-7H2,(H,16,18)/t8-/m1/s1. The lowest BCUT2D eigenvalue weighted by Gasteiger charge is -2.12. The summed E-state index contributed by atoms with van der Waals surface area (Å²) in [6.45, 7) is 0.722. The summed E-state index contributed by atoms with van der Waals surface area (Å²) >= 11 is 0. The van der Waals surface area contributed by atoms with Crippen LogP contribution in [0.1, 0.15) is 17.9 Å². The number of carbonyl (C=O) groups excluding carboxylic acids is 1. The Bertz CT molecular complexity index is 445. The fraction of sp³-hybridized carbons (Fsp3) is 0.417. The van der Waals surface area contributed by atoms with Gasteiger partial charge >= 0.3 is 12.1 Å². The van der Waals surface area contributed by atoms with Gasteiger partial charge in [0.05, 0.1) is 0 Å². The van der Waals surface area contributed by atoms with E-state index in [0.717, 1.165) is 11.3 Å². The molecule has 3 nitrogen and oxygen atoms in total. The first-order valence-corrected chi connectivity index (χ1v) is 5.66. The van der Waals surface area contributed by atoms with Crippen molar-refractivity contribution in [2.45, 2.75) is 18.5 Å². The van der Waals surface area contributed by atoms with Crippen LogP contribution in [0.3, 0.4) is 0 Å². The van der Waals surface area contributed by atoms with Crippen LogP contribution in [0.15, 0.2) is 24.3 Å². The van der Waals surface area contributed by atoms with E-state index in [2.05, 4.69) is 5.32 Å². The maximum atomic E-state index is 12.0. The van der Waals surface area contributed by atoms with Crippen molar-refractivity contribution < 1.29 is 18.0 Å². The number of hydrogen-bond acceptors (Lipinski definition) is 2. The third-order valence-electron chi connectivity index (χ3n) is 2.98. The van der Waals surface area contributed by atoms with Crippen molar-refractivity contribution in [2.75, 3.05) is 18.4 Å². The number of amides is 1. The largest absolute Gasteiger partial charge is 0.471 e. The summed E-state index contributed by atoms with van der Waals surface area (Å²) in [5.41, 5.74) is 2.11. The topological polar surface area (TPSA) is 41.1 Å². The maximum absolute atomic E-state index is 12.0. The van der Waals surface area contributed by atoms with Gasteiger partial charge in [0.2, 0.25) is 0 Å². The van der Waals surface area contributed by atoms with E-state index in [1.54, 1.807) is 0 Å². The van der Waals surface area contributed by atoms with Crippen molar-refractivity contribution in [1.82, 2.24) is 5.32 Å². The number of rotatable bonds is 3. The van der Waals surface area contributed by atoms with Crippen molar-refractivity contribution in [3.8, 4) is 0 Å². The van der Waals surface area contributed by atoms with Crippen molar-refractivity contribution in [1.29, 1.82) is 0 Å². The Balaban J connectivity index is 1.85. The highest BCUT2D eigenvalue weighted by Crippen LogP contribution is 2.32. The highest BCUT2D eigenvalue weighted by Gasteiger charge is 2.38. The van der Waals surface area contributed by atoms with Gasteiger partial charge in [-0.15, -0.1) is 0 Å². The third kappa shape index (κ3) is 2.75. The smallest absolute Gasteiger partial charge is 0.384 e. The van der Waals surface area contributed by atoms with Gasteiger partial charge in [-0.1, -0.05) is 18.2 Å². The molecule has 1 amide bonds. The van der Waals surface area contributed by atoms with Gasteiger partial charge in [0.25, 0.3) is 0 Å². The van der Waals surface area contributed by atoms with Gasteiger partial charge in [-0.05, 0) is 18.1 Å². The van der Waals surface area contributed by atoms with Crippen LogP contribution >= 0.6 is 0 Å². The van der Waals surface area contributed by atoms with E-state index in [1.807, 2.05) is 29.6 Å². The summed E-state index contributed by atoms with van der Waals surface area (Å²) in [6.07, 6.45) is -4.31. The van der Waals surface area contributed by atoms with Gasteiger partial charge in [-0.3, -0.25) is 4.79 Å². The Labute approximate surface area is 102 Å². The molecule has 2 N–H and O–H groups in total. The quantitative estimate of drug-likeness (QED) is 0.873. The van der Waals surface area contributed by atoms with Crippen LogP contribution in [-0.4, -0.2) is 25.2 Å². The number of alkyl halides is 3. The fourth-order valence-corrected chi connectivity index (χ4v) is 2.07. The van der Waals surface area contributed by atoms with Crippen molar-refractivity contribution in [3.63, 3.8) is 0 Å². The van der Waals surface area contributed by atoms with E-state index in [0.29, 0.717) is 13.0 Å². The molecule has 0 aromatic heterocycles. The fourth-order valence-electron chi connectivity index (χ4n) is 2.07. The molecule has 0 saturated carbocycles. The molecule has 1 aliphatic rings. The molecule has 2 rings (SSSR count). The first-order chi connectivity index (χ1) is 8.48. The molecule has 0 bridgehead atoms. The first kappa shape index (κ1) is 12.7. The van der Waals surface area contributed by atoms with E-state index in [9.17, 15) is 18.0 Å². The summed E-state index contributed by atoms with van der Waals surface area (Å²) in [7, 11) is 0. The van der Waals surface area contributed by atoms with Gasteiger partial charge in [0, 0.05) is 24.7 Å². The number of carbonyl (C=O) groups is 1. The molecule has 1 aromatic carbocycles. The molecule has 1 aromatic rings. The number of nitrogens with one attached hydrogen (secondary N) is 2. The van der Waals surface area contributed by atoms with Crippen molar-refractivity contribution in [3.05, 3.63) is 29.8 Å². The van der Waals surface area contributed by atoms with Gasteiger partial charge < -0.3 is 10.6 Å². The summed E-state index contributed by atoms with van der Waals surface area (Å²) in [5, 5.41) is 5.07. The summed E-state index contributed by atoms with van der Waals surface area (Å²) in [5.74, 6) is -1.73. The summed E-state index contributed by atoms with van der Waals surface area (Å²) in [4.78, 5) is 10.6. The number of fused-ring (bicyclic) bond motifs is 1. The molecule has 0 unspecified atom stereocenters. The molecular weight excluding hydrogens is 245 g/mol. The zero-order valence-electron chi connectivity index (χ0n) is 9.55. The highest BCUT2D eigenvalue weighted by atomic mass is 19.4. The minimum Gasteiger partial charge on any atom is -0.384 e. The van der Waals surface area contributed by atoms with Gasteiger partial charge in [0.15, 0.2) is 0 Å². The normalized spacial score (nSPS) is 18.1. The Morgan fingerprint density at radius 1 is 1.39 bits per heavy atom. The molecule has 0 spiro atoms. The lowest BCUT2D eigenvalue weighted by atomic mass is 9.98. The van der Waals surface area contributed by atoms with Gasteiger partial charge in [0.1, 0.15) is 0 Å². The molecule has 0 radical (unpaired) electrons. The number of para-hydroxylation sites is 1. The second-order valence-corrected chi connectivity index (χ2v) is 4.21. The number of halogens is 3. The van der Waals surface area contributed by atoms with E-state index >= 15 is 0 Å². The Morgan fingerprint density at radius 3 is 2.83 bits per heavy atom. The van der Waals surface area contributed by atoms with E-state index < -0.39 is 12.1 Å². The molecule has 0 saturated heterocycles. The van der Waals surface area contributed by atoms with Gasteiger partial charge in [-0.2, -0.15) is 13.2 Å². The number of anilines is 1. The predicted octanol–water partition coefficient (Wildman–Crippen LogP) is 2.26. The minimum absolute atomic E-state index is 0.0268. The van der Waals surface area contributed by atoms with Crippen LogP contribution in [0.25, 0.3) is 0 Å². The second kappa shape index (κ2) is 4.88. The van der Waals surface area contributed by atoms with E-state index in [1.165, 1.54) is 0 Å². The van der Waals surface area contributed by atoms with Crippen molar-refractivity contribution in [2.24, 2.45) is 0 Å². The van der Waals surface area contributed by atoms with E-state index in [4.69, 9.17) is 0 Å². The average Bonchev–Trinajstić information content (AvgIpc) is 2.71. The van der Waals surface area contributed by atoms with Crippen LogP contribution in [0.4, 0.5) is 18.9 Å². The van der Waals surface area contributed by atoms with Crippen LogP contribution in [-0.2, 0) is 4.79 Å². The van der Waals surface area contributed by atoms with Gasteiger partial charge in [-0.25, -0.2) is 0 Å². The first-order valence-electron chi connectivity index (χ1n) is 5.66. The lowest BCUT2D eigenvalue weighted by Crippen LogP contribution is -2.37. The number of benzene rings is 1. The lowest BCUT2D eigenvalue weighted by molar-refractivity contribution is -0.173. The molecule has 6 heteroatoms. The SMILES string of the molecule is O=C(NCC[C@@H]1CNc2ccccc21)C(F)(F)F. The third-order valence-corrected chi connectivity index (χ3v) is 2.98. The van der Waals surface area contributed by atoms with Crippen LogP contribution in [0.5, 0.6) is 0 Å². The summed E-state index contributed by atoms with van der Waals surface area (Å²) < 4.78 is 35.9. The van der Waals surface area contributed by atoms with Crippen molar-refractivity contribution >= 4 is 11.6 Å². The zero-order chi connectivity index (χ0) is 13.2. The second-order valence-electron chi connectivity index (χ2n) is 4.21. The zero-order valence-corrected chi connectivity index (χ0v) is 9.55. The average molecular weight is 258 g/mol. The molecule has 1 heterocycles. The maximum Gasteiger partial charge on any atom is 0.471 e. The molecule has 98 valence electrons. The monoisotopic (exact) mass is 258 g/mol. The predicted molar refractivity (Wildman–Crippen MR) is 61.4 cm³/mol. The molecule has 1 atom stereocenters. The molecule has 0 fully saturated rings. The number of hydrogen-bond donors (Lipinski definition) is 2. The van der Waals surface area contributed by atoms with Crippen LogP contribution in [0.2, 0.25) is 0 Å². The molecule has 0 aliphatic carbocycles.